The van der Waals surface area contributed by atoms with E-state index in [2.05, 4.69) is 9.71 Å². The van der Waals surface area contributed by atoms with Gasteiger partial charge in [0.2, 0.25) is 0 Å². The van der Waals surface area contributed by atoms with Gasteiger partial charge in [0.15, 0.2) is 0 Å². The number of hydrogen-bond donors (Lipinski definition) is 1. The molecule has 1 rings (SSSR count). The van der Waals surface area contributed by atoms with Crippen LogP contribution in [0.25, 0.3) is 0 Å². The number of carbonyl (C=O) groups excluding carboxylic acids is 1. The molecule has 0 aliphatic heterocycles. The van der Waals surface area contributed by atoms with Crippen molar-refractivity contribution in [2.75, 3.05) is 6.26 Å². The van der Waals surface area contributed by atoms with E-state index in [4.69, 9.17) is 0 Å². The first-order valence-electron chi connectivity index (χ1n) is 3.24. The Morgan fingerprint density at radius 2 is 2.50 bits per heavy atom. The number of nitrogens with one attached hydrogen (secondary N) is 1. The Kier molecular flexibility index (Phi) is 3.07. The van der Waals surface area contributed by atoms with Crippen LogP contribution >= 0.6 is 0 Å². The highest BCUT2D eigenvalue weighted by Crippen LogP contribution is 1.95. The van der Waals surface area contributed by atoms with Crippen LogP contribution in [0.1, 0.15) is 10.4 Å². The van der Waals surface area contributed by atoms with E-state index in [1.54, 1.807) is 18.3 Å². The first kappa shape index (κ1) is 9.02. The molecule has 0 bridgehead atoms. The summed E-state index contributed by atoms with van der Waals surface area (Å²) in [5, 5.41) is 0. The van der Waals surface area contributed by atoms with Gasteiger partial charge in [-0.3, -0.25) is 9.78 Å². The SMILES string of the molecule is C[S+]([O-])NC(=O)c1cccnc1. The minimum Gasteiger partial charge on any atom is -0.593 e. The largest absolute Gasteiger partial charge is 0.593 e. The van der Waals surface area contributed by atoms with E-state index in [9.17, 15) is 9.35 Å². The van der Waals surface area contributed by atoms with E-state index in [1.807, 2.05) is 0 Å². The molecule has 0 aliphatic rings. The maximum Gasteiger partial charge on any atom is 0.293 e. The summed E-state index contributed by atoms with van der Waals surface area (Å²) in [6, 6.07) is 3.25. The minimum absolute atomic E-state index is 0.371. The lowest BCUT2D eigenvalue weighted by molar-refractivity contribution is 0.0981. The molecule has 1 aromatic heterocycles. The second-order valence-electron chi connectivity index (χ2n) is 2.13. The first-order valence-corrected chi connectivity index (χ1v) is 4.80. The number of nitrogens with zero attached hydrogens (tertiary/aromatic N) is 1. The Morgan fingerprint density at radius 3 is 3.00 bits per heavy atom. The van der Waals surface area contributed by atoms with Crippen LogP contribution in [-0.2, 0) is 11.4 Å². The lowest BCUT2D eigenvalue weighted by Crippen LogP contribution is -2.29. The number of carbonyl (C=O) groups is 1. The highest BCUT2D eigenvalue weighted by atomic mass is 32.2. The van der Waals surface area contributed by atoms with Crippen LogP contribution in [-0.4, -0.2) is 21.7 Å². The molecule has 1 aromatic rings. The van der Waals surface area contributed by atoms with Gasteiger partial charge in [0.05, 0.1) is 16.9 Å². The van der Waals surface area contributed by atoms with E-state index in [1.165, 1.54) is 12.5 Å². The lowest BCUT2D eigenvalue weighted by atomic mass is 10.3. The Hall–Kier alpha value is -1.07. The van der Waals surface area contributed by atoms with Gasteiger partial charge in [-0.05, 0) is 12.1 Å². The van der Waals surface area contributed by atoms with Gasteiger partial charge < -0.3 is 4.55 Å². The van der Waals surface area contributed by atoms with Crippen LogP contribution in [0.2, 0.25) is 0 Å². The van der Waals surface area contributed by atoms with Crippen LogP contribution in [0, 0.1) is 0 Å². The molecule has 1 N–H and O–H groups in total. The van der Waals surface area contributed by atoms with Crippen LogP contribution in [0.4, 0.5) is 0 Å². The summed E-state index contributed by atoms with van der Waals surface area (Å²) in [7, 11) is 0. The highest BCUT2D eigenvalue weighted by molar-refractivity contribution is 7.89. The third kappa shape index (κ3) is 2.52. The standard InChI is InChI=1S/C7H8N2O2S/c1-12(11)9-7(10)6-3-2-4-8-5-6/h2-5H,1H3,(H,9,10). The molecule has 5 heteroatoms. The van der Waals surface area contributed by atoms with Crippen molar-refractivity contribution in [3.05, 3.63) is 30.1 Å². The zero-order chi connectivity index (χ0) is 8.97. The maximum absolute atomic E-state index is 11.1. The number of aromatic nitrogens is 1. The topological polar surface area (TPSA) is 65.0 Å². The van der Waals surface area contributed by atoms with Gasteiger partial charge in [0, 0.05) is 12.4 Å². The molecule has 0 fully saturated rings. The summed E-state index contributed by atoms with van der Waals surface area (Å²) < 4.78 is 12.8. The average Bonchev–Trinajstić information content (AvgIpc) is 2.05. The molecule has 1 heterocycles. The van der Waals surface area contributed by atoms with Crippen molar-refractivity contribution in [2.45, 2.75) is 0 Å². The summed E-state index contributed by atoms with van der Waals surface area (Å²) in [6.45, 7) is 0. The zero-order valence-electron chi connectivity index (χ0n) is 6.48. The molecule has 1 unspecified atom stereocenters. The van der Waals surface area contributed by atoms with Crippen LogP contribution in [0.3, 0.4) is 0 Å². The molecular formula is C7H8N2O2S. The van der Waals surface area contributed by atoms with Crippen molar-refractivity contribution in [1.82, 2.24) is 9.71 Å². The molecule has 4 nitrogen and oxygen atoms in total. The molecule has 0 saturated carbocycles. The summed E-state index contributed by atoms with van der Waals surface area (Å²) in [6.07, 6.45) is 4.39. The Balaban J connectivity index is 2.66. The molecule has 1 amide bonds. The van der Waals surface area contributed by atoms with Crippen LogP contribution in [0.15, 0.2) is 24.5 Å². The highest BCUT2D eigenvalue weighted by Gasteiger charge is 2.08. The Labute approximate surface area is 73.3 Å². The number of rotatable bonds is 2. The quantitative estimate of drug-likeness (QED) is 0.663. The summed E-state index contributed by atoms with van der Waals surface area (Å²) >= 11 is -1.32. The van der Waals surface area contributed by atoms with E-state index < -0.39 is 11.4 Å². The van der Waals surface area contributed by atoms with Gasteiger partial charge in [-0.2, -0.15) is 4.72 Å². The summed E-state index contributed by atoms with van der Waals surface area (Å²) in [4.78, 5) is 14.9. The summed E-state index contributed by atoms with van der Waals surface area (Å²) in [5.74, 6) is -0.371. The average molecular weight is 184 g/mol. The van der Waals surface area contributed by atoms with Crippen molar-refractivity contribution in [3.8, 4) is 0 Å². The molecule has 0 saturated heterocycles. The third-order valence-corrected chi connectivity index (χ3v) is 1.63. The van der Waals surface area contributed by atoms with E-state index in [-0.39, 0.29) is 5.91 Å². The number of hydrogen-bond acceptors (Lipinski definition) is 3. The molecule has 0 radical (unpaired) electrons. The van der Waals surface area contributed by atoms with Crippen LogP contribution in [0.5, 0.6) is 0 Å². The zero-order valence-corrected chi connectivity index (χ0v) is 7.30. The maximum atomic E-state index is 11.1. The first-order chi connectivity index (χ1) is 5.70. The second-order valence-corrected chi connectivity index (χ2v) is 3.24. The number of amides is 1. The lowest BCUT2D eigenvalue weighted by Gasteiger charge is -2.04. The predicted octanol–water partition coefficient (Wildman–Crippen LogP) is 0.105. The number of pyridine rings is 1. The van der Waals surface area contributed by atoms with Crippen LogP contribution < -0.4 is 4.72 Å². The van der Waals surface area contributed by atoms with Gasteiger partial charge in [0.25, 0.3) is 5.91 Å². The van der Waals surface area contributed by atoms with Gasteiger partial charge in [-0.25, -0.2) is 0 Å². The molecule has 64 valence electrons. The second kappa shape index (κ2) is 4.08. The Morgan fingerprint density at radius 1 is 1.75 bits per heavy atom. The van der Waals surface area contributed by atoms with Gasteiger partial charge in [-0.15, -0.1) is 0 Å². The third-order valence-electron chi connectivity index (χ3n) is 1.16. The molecule has 0 spiro atoms. The van der Waals surface area contributed by atoms with Crippen molar-refractivity contribution in [2.24, 2.45) is 0 Å². The van der Waals surface area contributed by atoms with Gasteiger partial charge in [0.1, 0.15) is 6.26 Å². The molecule has 0 aliphatic carbocycles. The normalized spacial score (nSPS) is 12.2. The molecule has 1 atom stereocenters. The fraction of sp³-hybridized carbons (Fsp3) is 0.143. The van der Waals surface area contributed by atoms with E-state index >= 15 is 0 Å². The van der Waals surface area contributed by atoms with Crippen molar-refractivity contribution < 1.29 is 9.35 Å². The van der Waals surface area contributed by atoms with Gasteiger partial charge >= 0.3 is 0 Å². The van der Waals surface area contributed by atoms with E-state index in [0.29, 0.717) is 5.56 Å². The smallest absolute Gasteiger partial charge is 0.293 e. The predicted molar refractivity (Wildman–Crippen MR) is 45.8 cm³/mol. The Bertz CT molecular complexity index is 263. The fourth-order valence-electron chi connectivity index (χ4n) is 0.687. The minimum atomic E-state index is -1.32. The van der Waals surface area contributed by atoms with Crippen molar-refractivity contribution in [1.29, 1.82) is 0 Å². The summed E-state index contributed by atoms with van der Waals surface area (Å²) in [5.41, 5.74) is 0.410. The molecule has 0 aromatic carbocycles. The van der Waals surface area contributed by atoms with Crippen molar-refractivity contribution >= 4 is 17.3 Å². The fourth-order valence-corrected chi connectivity index (χ4v) is 1.07. The monoisotopic (exact) mass is 184 g/mol. The molecule has 12 heavy (non-hydrogen) atoms. The van der Waals surface area contributed by atoms with Crippen molar-refractivity contribution in [3.63, 3.8) is 0 Å². The molecular weight excluding hydrogens is 176 g/mol. The van der Waals surface area contributed by atoms with E-state index in [0.717, 1.165) is 0 Å². The van der Waals surface area contributed by atoms with Gasteiger partial charge in [-0.1, -0.05) is 0 Å².